The standard InChI is InChI=1S/C14H16FN3O5S/c1-3-4-12-17-13(23-18-12)8-22-14(19)10-7-9(5-6-11(10)15)24(20,21)16-2/h5-7,16H,3-4,8H2,1-2H3. The van der Waals surface area contributed by atoms with Gasteiger partial charge in [-0.3, -0.25) is 0 Å². The van der Waals surface area contributed by atoms with Crippen molar-refractivity contribution in [3.05, 3.63) is 41.3 Å². The number of carbonyl (C=O) groups excluding carboxylic acids is 1. The molecule has 24 heavy (non-hydrogen) atoms. The molecule has 0 radical (unpaired) electrons. The highest BCUT2D eigenvalue weighted by atomic mass is 32.2. The number of aryl methyl sites for hydroxylation is 1. The second kappa shape index (κ2) is 7.49. The van der Waals surface area contributed by atoms with E-state index >= 15 is 0 Å². The number of halogens is 1. The summed E-state index contributed by atoms with van der Waals surface area (Å²) >= 11 is 0. The molecule has 2 aromatic rings. The van der Waals surface area contributed by atoms with E-state index in [2.05, 4.69) is 14.9 Å². The van der Waals surface area contributed by atoms with E-state index in [-0.39, 0.29) is 17.4 Å². The van der Waals surface area contributed by atoms with Crippen LogP contribution in [0.3, 0.4) is 0 Å². The van der Waals surface area contributed by atoms with E-state index in [9.17, 15) is 17.6 Å². The Hall–Kier alpha value is -2.33. The fourth-order valence-corrected chi connectivity index (χ4v) is 2.58. The Kier molecular flexibility index (Phi) is 5.62. The molecule has 0 aliphatic rings. The van der Waals surface area contributed by atoms with Gasteiger partial charge in [0.05, 0.1) is 10.5 Å². The molecule has 8 nitrogen and oxygen atoms in total. The second-order valence-electron chi connectivity index (χ2n) is 4.78. The highest BCUT2D eigenvalue weighted by Gasteiger charge is 2.20. The summed E-state index contributed by atoms with van der Waals surface area (Å²) in [5.74, 6) is -1.37. The number of nitrogens with zero attached hydrogens (tertiary/aromatic N) is 2. The van der Waals surface area contributed by atoms with Gasteiger partial charge in [0.25, 0.3) is 5.89 Å². The molecule has 130 valence electrons. The van der Waals surface area contributed by atoms with Gasteiger partial charge in [-0.05, 0) is 31.7 Å². The fourth-order valence-electron chi connectivity index (χ4n) is 1.82. The number of nitrogens with one attached hydrogen (secondary N) is 1. The van der Waals surface area contributed by atoms with Crippen LogP contribution in [0.5, 0.6) is 0 Å². The van der Waals surface area contributed by atoms with Crippen molar-refractivity contribution < 1.29 is 26.9 Å². The minimum absolute atomic E-state index is 0.0752. The van der Waals surface area contributed by atoms with E-state index in [0.29, 0.717) is 12.2 Å². The van der Waals surface area contributed by atoms with Crippen LogP contribution in [0.4, 0.5) is 4.39 Å². The molecule has 2 rings (SSSR count). The van der Waals surface area contributed by atoms with Crippen LogP contribution >= 0.6 is 0 Å². The van der Waals surface area contributed by atoms with Crippen molar-refractivity contribution in [2.45, 2.75) is 31.3 Å². The molecule has 0 atom stereocenters. The molecular formula is C14H16FN3O5S. The first-order valence-electron chi connectivity index (χ1n) is 7.09. The van der Waals surface area contributed by atoms with Gasteiger partial charge in [-0.15, -0.1) is 0 Å². The lowest BCUT2D eigenvalue weighted by molar-refractivity contribution is 0.0424. The van der Waals surface area contributed by atoms with Gasteiger partial charge in [-0.2, -0.15) is 4.98 Å². The first-order valence-corrected chi connectivity index (χ1v) is 8.57. The molecule has 10 heteroatoms. The third-order valence-corrected chi connectivity index (χ3v) is 4.46. The Balaban J connectivity index is 2.12. The van der Waals surface area contributed by atoms with Gasteiger partial charge in [-0.25, -0.2) is 22.3 Å². The van der Waals surface area contributed by atoms with Gasteiger partial charge >= 0.3 is 5.97 Å². The molecule has 0 aliphatic heterocycles. The van der Waals surface area contributed by atoms with Crippen molar-refractivity contribution in [3.8, 4) is 0 Å². The molecule has 1 N–H and O–H groups in total. The van der Waals surface area contributed by atoms with Gasteiger partial charge < -0.3 is 9.26 Å². The predicted octanol–water partition coefficient (Wildman–Crippen LogP) is 1.43. The molecule has 0 saturated carbocycles. The number of hydrogen-bond donors (Lipinski definition) is 1. The van der Waals surface area contributed by atoms with E-state index in [1.807, 2.05) is 6.92 Å². The molecule has 0 fully saturated rings. The largest absolute Gasteiger partial charge is 0.452 e. The van der Waals surface area contributed by atoms with Crippen molar-refractivity contribution in [2.75, 3.05) is 7.05 Å². The van der Waals surface area contributed by atoms with Crippen LogP contribution in [0, 0.1) is 5.82 Å². The van der Waals surface area contributed by atoms with Crippen LogP contribution in [-0.2, 0) is 27.8 Å². The smallest absolute Gasteiger partial charge is 0.341 e. The van der Waals surface area contributed by atoms with E-state index in [1.165, 1.54) is 7.05 Å². The van der Waals surface area contributed by atoms with E-state index in [0.717, 1.165) is 24.6 Å². The summed E-state index contributed by atoms with van der Waals surface area (Å²) in [6, 6.07) is 2.83. The summed E-state index contributed by atoms with van der Waals surface area (Å²) in [5, 5.41) is 3.69. The number of carbonyl (C=O) groups is 1. The number of hydrogen-bond acceptors (Lipinski definition) is 7. The summed E-state index contributed by atoms with van der Waals surface area (Å²) < 4.78 is 49.1. The highest BCUT2D eigenvalue weighted by Crippen LogP contribution is 2.16. The highest BCUT2D eigenvalue weighted by molar-refractivity contribution is 7.89. The predicted molar refractivity (Wildman–Crippen MR) is 80.1 cm³/mol. The maximum Gasteiger partial charge on any atom is 0.341 e. The molecule has 0 aliphatic carbocycles. The minimum Gasteiger partial charge on any atom is -0.452 e. The third-order valence-electron chi connectivity index (χ3n) is 3.05. The Morgan fingerprint density at radius 3 is 2.83 bits per heavy atom. The van der Waals surface area contributed by atoms with Gasteiger partial charge in [0.2, 0.25) is 10.0 Å². The van der Waals surface area contributed by atoms with Crippen LogP contribution in [-0.4, -0.2) is 31.6 Å². The maximum atomic E-state index is 13.8. The van der Waals surface area contributed by atoms with Crippen molar-refractivity contribution in [1.29, 1.82) is 0 Å². The quantitative estimate of drug-likeness (QED) is 0.746. The van der Waals surface area contributed by atoms with Gasteiger partial charge in [-0.1, -0.05) is 12.1 Å². The summed E-state index contributed by atoms with van der Waals surface area (Å²) in [6.07, 6.45) is 1.45. The molecule has 0 spiro atoms. The fraction of sp³-hybridized carbons (Fsp3) is 0.357. The summed E-state index contributed by atoms with van der Waals surface area (Å²) in [7, 11) is -2.60. The molecular weight excluding hydrogens is 341 g/mol. The van der Waals surface area contributed by atoms with Crippen LogP contribution in [0.25, 0.3) is 0 Å². The van der Waals surface area contributed by atoms with Gasteiger partial charge in [0, 0.05) is 6.42 Å². The zero-order valence-corrected chi connectivity index (χ0v) is 13.9. The maximum absolute atomic E-state index is 13.8. The Labute approximate surface area is 138 Å². The lowest BCUT2D eigenvalue weighted by Gasteiger charge is -2.06. The number of aromatic nitrogens is 2. The molecule has 0 amide bonds. The van der Waals surface area contributed by atoms with Crippen molar-refractivity contribution >= 4 is 16.0 Å². The normalized spacial score (nSPS) is 11.5. The van der Waals surface area contributed by atoms with Crippen LogP contribution < -0.4 is 4.72 Å². The second-order valence-corrected chi connectivity index (χ2v) is 6.67. The number of benzene rings is 1. The Morgan fingerprint density at radius 2 is 2.17 bits per heavy atom. The number of esters is 1. The van der Waals surface area contributed by atoms with E-state index in [1.54, 1.807) is 0 Å². The summed E-state index contributed by atoms with van der Waals surface area (Å²) in [4.78, 5) is 15.7. The zero-order chi connectivity index (χ0) is 17.7. The third kappa shape index (κ3) is 4.15. The van der Waals surface area contributed by atoms with Crippen LogP contribution in [0.15, 0.2) is 27.6 Å². The minimum atomic E-state index is -3.81. The molecule has 0 bridgehead atoms. The molecule has 1 aromatic heterocycles. The van der Waals surface area contributed by atoms with Crippen molar-refractivity contribution in [1.82, 2.24) is 14.9 Å². The van der Waals surface area contributed by atoms with E-state index < -0.39 is 27.4 Å². The lowest BCUT2D eigenvalue weighted by atomic mass is 10.2. The monoisotopic (exact) mass is 357 g/mol. The first kappa shape index (κ1) is 18.0. The summed E-state index contributed by atoms with van der Waals surface area (Å²) in [5.41, 5.74) is -0.500. The SMILES string of the molecule is CCCc1noc(COC(=O)c2cc(S(=O)(=O)NC)ccc2F)n1. The molecule has 1 heterocycles. The average molecular weight is 357 g/mol. The average Bonchev–Trinajstić information content (AvgIpc) is 3.01. The van der Waals surface area contributed by atoms with Crippen LogP contribution in [0.1, 0.15) is 35.4 Å². The molecule has 0 unspecified atom stereocenters. The van der Waals surface area contributed by atoms with Crippen LogP contribution in [0.2, 0.25) is 0 Å². The lowest BCUT2D eigenvalue weighted by Crippen LogP contribution is -2.19. The van der Waals surface area contributed by atoms with Gasteiger partial charge in [0.15, 0.2) is 12.4 Å². The van der Waals surface area contributed by atoms with Gasteiger partial charge in [0.1, 0.15) is 5.82 Å². The first-order chi connectivity index (χ1) is 11.4. The Morgan fingerprint density at radius 1 is 1.42 bits per heavy atom. The number of rotatable bonds is 7. The number of sulfonamides is 1. The van der Waals surface area contributed by atoms with Crippen molar-refractivity contribution in [3.63, 3.8) is 0 Å². The van der Waals surface area contributed by atoms with Crippen molar-refractivity contribution in [2.24, 2.45) is 0 Å². The topological polar surface area (TPSA) is 111 Å². The molecule has 1 aromatic carbocycles. The van der Waals surface area contributed by atoms with E-state index in [4.69, 9.17) is 9.26 Å². The summed E-state index contributed by atoms with van der Waals surface area (Å²) in [6.45, 7) is 1.61. The molecule has 0 saturated heterocycles. The number of ether oxygens (including phenoxy) is 1. The Bertz CT molecular complexity index is 835. The zero-order valence-electron chi connectivity index (χ0n) is 13.1.